The van der Waals surface area contributed by atoms with Crippen molar-refractivity contribution in [2.45, 2.75) is 77.1 Å². The SMILES string of the molecule is C=C(C)C(C)(C)[Si](C)(C)OC1CCCCC1. The van der Waals surface area contributed by atoms with E-state index in [1.165, 1.54) is 37.7 Å². The first kappa shape index (κ1) is 14.0. The van der Waals surface area contributed by atoms with Crippen LogP contribution in [0.5, 0.6) is 0 Å². The molecule has 0 radical (unpaired) electrons. The zero-order valence-corrected chi connectivity index (χ0v) is 12.7. The van der Waals surface area contributed by atoms with Crippen LogP contribution in [0.1, 0.15) is 52.9 Å². The number of allylic oxidation sites excluding steroid dienone is 1. The fourth-order valence-corrected chi connectivity index (χ4v) is 4.65. The molecule has 1 rings (SSSR count). The van der Waals surface area contributed by atoms with Crippen molar-refractivity contribution >= 4 is 8.32 Å². The van der Waals surface area contributed by atoms with Gasteiger partial charge in [0.1, 0.15) is 0 Å². The Balaban J connectivity index is 2.65. The number of hydrogen-bond donors (Lipinski definition) is 0. The molecule has 0 aromatic rings. The molecular weight excluding hydrogens is 212 g/mol. The Labute approximate surface area is 102 Å². The summed E-state index contributed by atoms with van der Waals surface area (Å²) < 4.78 is 6.48. The second-order valence-electron chi connectivity index (χ2n) is 6.29. The van der Waals surface area contributed by atoms with E-state index in [1.807, 2.05) is 0 Å². The van der Waals surface area contributed by atoms with Gasteiger partial charge in [-0.05, 0) is 32.9 Å². The van der Waals surface area contributed by atoms with Gasteiger partial charge in [0.25, 0.3) is 0 Å². The zero-order valence-electron chi connectivity index (χ0n) is 11.7. The summed E-state index contributed by atoms with van der Waals surface area (Å²) in [6.07, 6.45) is 7.15. The van der Waals surface area contributed by atoms with Gasteiger partial charge >= 0.3 is 0 Å². The monoisotopic (exact) mass is 240 g/mol. The smallest absolute Gasteiger partial charge is 0.196 e. The highest BCUT2D eigenvalue weighted by Crippen LogP contribution is 2.45. The van der Waals surface area contributed by atoms with Gasteiger partial charge in [0.2, 0.25) is 0 Å². The van der Waals surface area contributed by atoms with Gasteiger partial charge in [-0.1, -0.05) is 45.3 Å². The molecule has 0 aromatic carbocycles. The van der Waals surface area contributed by atoms with Crippen LogP contribution in [0.2, 0.25) is 18.1 Å². The lowest BCUT2D eigenvalue weighted by Crippen LogP contribution is -2.46. The summed E-state index contributed by atoms with van der Waals surface area (Å²) >= 11 is 0. The van der Waals surface area contributed by atoms with E-state index in [-0.39, 0.29) is 5.04 Å². The Kier molecular flexibility index (Phi) is 4.41. The predicted octanol–water partition coefficient (Wildman–Crippen LogP) is 4.90. The van der Waals surface area contributed by atoms with Gasteiger partial charge in [-0.25, -0.2) is 0 Å². The maximum atomic E-state index is 6.48. The van der Waals surface area contributed by atoms with Crippen LogP contribution in [0.4, 0.5) is 0 Å². The molecule has 94 valence electrons. The zero-order chi connectivity index (χ0) is 12.4. The van der Waals surface area contributed by atoms with E-state index in [0.29, 0.717) is 6.10 Å². The van der Waals surface area contributed by atoms with Crippen molar-refractivity contribution in [3.8, 4) is 0 Å². The molecule has 0 saturated heterocycles. The van der Waals surface area contributed by atoms with E-state index in [4.69, 9.17) is 4.43 Å². The van der Waals surface area contributed by atoms with E-state index in [1.54, 1.807) is 0 Å². The lowest BCUT2D eigenvalue weighted by molar-refractivity contribution is 0.139. The molecular formula is C14H28OSi. The first-order valence-electron chi connectivity index (χ1n) is 6.61. The maximum absolute atomic E-state index is 6.48. The molecule has 1 saturated carbocycles. The Hall–Kier alpha value is -0.0831. The number of hydrogen-bond acceptors (Lipinski definition) is 1. The average Bonchev–Trinajstić information content (AvgIpc) is 2.18. The molecule has 2 heteroatoms. The maximum Gasteiger partial charge on any atom is 0.196 e. The topological polar surface area (TPSA) is 9.23 Å². The normalized spacial score (nSPS) is 19.8. The molecule has 0 aliphatic heterocycles. The van der Waals surface area contributed by atoms with E-state index >= 15 is 0 Å². The summed E-state index contributed by atoms with van der Waals surface area (Å²) in [5.41, 5.74) is 1.26. The van der Waals surface area contributed by atoms with Gasteiger partial charge in [0.05, 0.1) is 0 Å². The molecule has 0 amide bonds. The van der Waals surface area contributed by atoms with Crippen LogP contribution in [0.3, 0.4) is 0 Å². The summed E-state index contributed by atoms with van der Waals surface area (Å²) in [5, 5.41) is 0.171. The largest absolute Gasteiger partial charge is 0.414 e. The number of rotatable bonds is 4. The third kappa shape index (κ3) is 2.98. The van der Waals surface area contributed by atoms with E-state index in [0.717, 1.165) is 0 Å². The van der Waals surface area contributed by atoms with Crippen LogP contribution in [-0.2, 0) is 4.43 Å². The van der Waals surface area contributed by atoms with Crippen molar-refractivity contribution < 1.29 is 4.43 Å². The summed E-state index contributed by atoms with van der Waals surface area (Å²) in [7, 11) is -1.68. The summed E-state index contributed by atoms with van der Waals surface area (Å²) in [4.78, 5) is 0. The summed E-state index contributed by atoms with van der Waals surface area (Å²) in [6.45, 7) is 15.6. The molecule has 0 atom stereocenters. The molecule has 1 aliphatic carbocycles. The minimum Gasteiger partial charge on any atom is -0.414 e. The van der Waals surface area contributed by atoms with Crippen molar-refractivity contribution in [1.29, 1.82) is 0 Å². The van der Waals surface area contributed by atoms with E-state index < -0.39 is 8.32 Å². The molecule has 0 aromatic heterocycles. The Bertz CT molecular complexity index is 249. The van der Waals surface area contributed by atoms with Gasteiger partial charge in [0.15, 0.2) is 8.32 Å². The second-order valence-corrected chi connectivity index (χ2v) is 10.8. The van der Waals surface area contributed by atoms with Crippen LogP contribution in [0.15, 0.2) is 12.2 Å². The van der Waals surface area contributed by atoms with Crippen molar-refractivity contribution in [2.24, 2.45) is 0 Å². The second kappa shape index (κ2) is 5.05. The van der Waals surface area contributed by atoms with Crippen LogP contribution in [0, 0.1) is 0 Å². The van der Waals surface area contributed by atoms with Crippen LogP contribution < -0.4 is 0 Å². The summed E-state index contributed by atoms with van der Waals surface area (Å²) in [5.74, 6) is 0. The van der Waals surface area contributed by atoms with E-state index in [2.05, 4.69) is 40.4 Å². The Morgan fingerprint density at radius 2 is 1.69 bits per heavy atom. The lowest BCUT2D eigenvalue weighted by Gasteiger charge is -2.43. The van der Waals surface area contributed by atoms with Crippen LogP contribution >= 0.6 is 0 Å². The summed E-state index contributed by atoms with van der Waals surface area (Å²) in [6, 6.07) is 0. The Morgan fingerprint density at radius 1 is 1.19 bits per heavy atom. The van der Waals surface area contributed by atoms with Crippen LogP contribution in [-0.4, -0.2) is 14.4 Å². The van der Waals surface area contributed by atoms with Crippen molar-refractivity contribution in [3.05, 3.63) is 12.2 Å². The fourth-order valence-electron chi connectivity index (χ4n) is 2.26. The van der Waals surface area contributed by atoms with Gasteiger partial charge in [-0.2, -0.15) is 0 Å². The third-order valence-electron chi connectivity index (χ3n) is 4.59. The predicted molar refractivity (Wildman–Crippen MR) is 74.3 cm³/mol. The first-order valence-corrected chi connectivity index (χ1v) is 9.52. The average molecular weight is 240 g/mol. The van der Waals surface area contributed by atoms with Crippen LogP contribution in [0.25, 0.3) is 0 Å². The van der Waals surface area contributed by atoms with Crippen molar-refractivity contribution in [3.63, 3.8) is 0 Å². The van der Waals surface area contributed by atoms with Crippen molar-refractivity contribution in [1.82, 2.24) is 0 Å². The van der Waals surface area contributed by atoms with Gasteiger partial charge in [-0.15, -0.1) is 0 Å². The highest BCUT2D eigenvalue weighted by Gasteiger charge is 2.43. The lowest BCUT2D eigenvalue weighted by atomic mass is 9.98. The third-order valence-corrected chi connectivity index (χ3v) is 8.95. The molecule has 1 fully saturated rings. The minimum atomic E-state index is -1.68. The molecule has 0 bridgehead atoms. The minimum absolute atomic E-state index is 0.171. The fraction of sp³-hybridized carbons (Fsp3) is 0.857. The molecule has 0 N–H and O–H groups in total. The van der Waals surface area contributed by atoms with Gasteiger partial charge < -0.3 is 4.43 Å². The highest BCUT2D eigenvalue weighted by atomic mass is 28.4. The first-order chi connectivity index (χ1) is 7.27. The van der Waals surface area contributed by atoms with E-state index in [9.17, 15) is 0 Å². The quantitative estimate of drug-likeness (QED) is 0.502. The standard InChI is InChI=1S/C14H28OSi/c1-12(2)14(3,4)16(5,6)15-13-10-8-7-9-11-13/h13H,1,7-11H2,2-6H3. The van der Waals surface area contributed by atoms with Gasteiger partial charge in [-0.3, -0.25) is 0 Å². The Morgan fingerprint density at radius 3 is 2.12 bits per heavy atom. The molecule has 0 spiro atoms. The molecule has 16 heavy (non-hydrogen) atoms. The highest BCUT2D eigenvalue weighted by molar-refractivity contribution is 6.75. The molecule has 1 nitrogen and oxygen atoms in total. The van der Waals surface area contributed by atoms with Crippen molar-refractivity contribution in [2.75, 3.05) is 0 Å². The molecule has 1 aliphatic rings. The molecule has 0 heterocycles. The van der Waals surface area contributed by atoms with Gasteiger partial charge in [0, 0.05) is 11.1 Å². The molecule has 0 unspecified atom stereocenters.